The van der Waals surface area contributed by atoms with E-state index in [1.165, 1.54) is 44.8 Å². The Morgan fingerprint density at radius 1 is 0.471 bits per heavy atom. The molecule has 2 aliphatic carbocycles. The fourth-order valence-corrected chi connectivity index (χ4v) is 4.05. The van der Waals surface area contributed by atoms with Crippen LogP contribution in [0, 0.1) is 10.2 Å². The van der Waals surface area contributed by atoms with Crippen molar-refractivity contribution in [3.8, 4) is 44.8 Å². The maximum Gasteiger partial charge on any atom is 0.213 e. The Labute approximate surface area is 200 Å². The Bertz CT molecular complexity index is 1290. The summed E-state index contributed by atoms with van der Waals surface area (Å²) in [5, 5.41) is 0. The van der Waals surface area contributed by atoms with Crippen LogP contribution in [-0.4, -0.2) is 0 Å². The van der Waals surface area contributed by atoms with Gasteiger partial charge in [0.25, 0.3) is 0 Å². The highest BCUT2D eigenvalue weighted by molar-refractivity contribution is 5.88. The average molecular weight is 472 g/mol. The van der Waals surface area contributed by atoms with Gasteiger partial charge >= 0.3 is 0 Å². The Kier molecular flexibility index (Phi) is 7.03. The summed E-state index contributed by atoms with van der Waals surface area (Å²) in [6, 6.07) is 41.0. The van der Waals surface area contributed by atoms with E-state index in [1.54, 1.807) is 0 Å². The first-order valence-corrected chi connectivity index (χ1v) is 11.8. The van der Waals surface area contributed by atoms with Crippen molar-refractivity contribution in [1.29, 1.82) is 0 Å². The monoisotopic (exact) mass is 471 g/mol. The highest BCUT2D eigenvalue weighted by Gasteiger charge is 2.21. The van der Waals surface area contributed by atoms with Crippen LogP contribution >= 0.6 is 0 Å². The third-order valence-corrected chi connectivity index (χ3v) is 5.55. The number of fused-ring (bicyclic) bond motifs is 1. The van der Waals surface area contributed by atoms with Gasteiger partial charge in [-0.2, -0.15) is 4.57 Å². The zero-order valence-electron chi connectivity index (χ0n) is 18.4. The van der Waals surface area contributed by atoms with Gasteiger partial charge in [0.2, 0.25) is 11.4 Å². The van der Waals surface area contributed by atoms with Crippen LogP contribution in [0.15, 0.2) is 115 Å². The normalized spacial score (nSPS) is 11.1. The highest BCUT2D eigenvalue weighted by Crippen LogP contribution is 2.37. The van der Waals surface area contributed by atoms with E-state index in [0.29, 0.717) is 0 Å². The van der Waals surface area contributed by atoms with Crippen LogP contribution in [0.2, 0.25) is 0 Å². The molecule has 3 aromatic rings. The van der Waals surface area contributed by atoms with Gasteiger partial charge in [-0.05, 0) is 46.5 Å². The number of aromatic nitrogens is 1. The Morgan fingerprint density at radius 2 is 0.853 bits per heavy atom. The minimum atomic E-state index is -4.94. The summed E-state index contributed by atoms with van der Waals surface area (Å²) >= 11 is 0. The predicted octanol–water partition coefficient (Wildman–Crippen LogP) is 1.86. The molecule has 0 amide bonds. The molecule has 0 bridgehead atoms. The van der Waals surface area contributed by atoms with Gasteiger partial charge in [0, 0.05) is 23.3 Å². The summed E-state index contributed by atoms with van der Waals surface area (Å²) < 4.78 is 36.3. The average Bonchev–Trinajstić information content (AvgIpc) is 3.07. The lowest BCUT2D eigenvalue weighted by molar-refractivity contribution is -2.00. The lowest BCUT2D eigenvalue weighted by Crippen LogP contribution is -2.68. The van der Waals surface area contributed by atoms with Crippen molar-refractivity contribution in [2.24, 2.45) is 7.05 Å². The summed E-state index contributed by atoms with van der Waals surface area (Å²) in [7, 11) is -2.79. The van der Waals surface area contributed by atoms with Gasteiger partial charge in [-0.15, -0.1) is 10.2 Å². The summed E-state index contributed by atoms with van der Waals surface area (Å²) in [6.07, 6.45) is 0. The molecule has 0 unspecified atom stereocenters. The van der Waals surface area contributed by atoms with Gasteiger partial charge in [-0.3, -0.25) is 0 Å². The number of nitrogens with zero attached hydrogens (tertiary/aromatic N) is 1. The van der Waals surface area contributed by atoms with Gasteiger partial charge < -0.3 is 0 Å². The molecule has 0 saturated heterocycles. The first-order valence-electron chi connectivity index (χ1n) is 10.6. The van der Waals surface area contributed by atoms with E-state index in [9.17, 15) is 0 Å². The highest BCUT2D eigenvalue weighted by atomic mass is 35.7. The topological polar surface area (TPSA) is 96.1 Å². The Morgan fingerprint density at radius 3 is 1.32 bits per heavy atom. The van der Waals surface area contributed by atoms with Gasteiger partial charge in [-0.25, -0.2) is 18.6 Å². The van der Waals surface area contributed by atoms with E-state index < -0.39 is 10.2 Å². The van der Waals surface area contributed by atoms with Gasteiger partial charge in [-0.1, -0.05) is 78.9 Å². The van der Waals surface area contributed by atoms with Crippen molar-refractivity contribution in [2.75, 3.05) is 0 Å². The quantitative estimate of drug-likeness (QED) is 0.375. The number of benzene rings is 2. The molecule has 0 fully saturated rings. The van der Waals surface area contributed by atoms with Gasteiger partial charge in [0.05, 0.1) is 0 Å². The number of rotatable bonds is 3. The van der Waals surface area contributed by atoms with Crippen LogP contribution in [0.4, 0.5) is 0 Å². The van der Waals surface area contributed by atoms with Crippen LogP contribution in [0.5, 0.6) is 0 Å². The maximum atomic E-state index is 8.49. The Hall–Kier alpha value is -3.58. The fraction of sp³-hybridized carbons (Fsp3) is 0.0357. The molecule has 6 heteroatoms. The number of hydrogen-bond donors (Lipinski definition) is 0. The number of hydrogen-bond acceptors (Lipinski definition) is 4. The first-order chi connectivity index (χ1) is 16.3. The molecule has 0 aliphatic heterocycles. The Balaban J connectivity index is 0.000000499. The third kappa shape index (κ3) is 5.66. The molecule has 5 rings (SSSR count). The van der Waals surface area contributed by atoms with Crippen molar-refractivity contribution in [3.63, 3.8) is 0 Å². The van der Waals surface area contributed by atoms with Crippen molar-refractivity contribution >= 4 is 0 Å². The molecule has 1 heterocycles. The fourth-order valence-electron chi connectivity index (χ4n) is 4.05. The smallest absolute Gasteiger partial charge is 0.213 e. The summed E-state index contributed by atoms with van der Waals surface area (Å²) in [5.74, 6) is 0. The van der Waals surface area contributed by atoms with Gasteiger partial charge in [0.1, 0.15) is 7.05 Å². The molecular weight excluding hydrogens is 450 g/mol. The molecule has 0 atom stereocenters. The van der Waals surface area contributed by atoms with Gasteiger partial charge in [0.15, 0.2) is 0 Å². The van der Waals surface area contributed by atoms with Crippen LogP contribution in [0.25, 0.3) is 44.8 Å². The van der Waals surface area contributed by atoms with Crippen LogP contribution in [-0.2, 0) is 7.05 Å². The van der Waals surface area contributed by atoms with E-state index in [-0.39, 0.29) is 0 Å². The summed E-state index contributed by atoms with van der Waals surface area (Å²) in [5.41, 5.74) is 9.90. The minimum absolute atomic E-state index is 1.21. The second kappa shape index (κ2) is 10.1. The lowest BCUT2D eigenvalue weighted by Gasteiger charge is -2.17. The molecule has 34 heavy (non-hydrogen) atoms. The molecule has 5 nitrogen and oxygen atoms in total. The van der Waals surface area contributed by atoms with E-state index in [2.05, 4.69) is 127 Å². The predicted molar refractivity (Wildman–Crippen MR) is 121 cm³/mol. The zero-order valence-corrected chi connectivity index (χ0v) is 19.2. The van der Waals surface area contributed by atoms with Crippen molar-refractivity contribution < 1.29 is 33.4 Å². The lowest BCUT2D eigenvalue weighted by atomic mass is 9.98. The first kappa shape index (κ1) is 23.6. The SMILES string of the molecule is C[n+]1c(-c2ccccc2)cc(-c2ccc3cccccc2-3)cc1-c1ccccc1.[O-][Cl+3]([O-])([O-])[O-]. The standard InChI is InChI=1S/C28H22N.ClHO4/c1-29-27(22-12-6-2-7-13-22)19-24(20-28(29)23-14-8-3-9-15-23)26-18-17-21-11-5-4-10-16-25(21)26;2-1(3,4)5/h2-20H,1H3;(H,2,3,4,5)/q+1;/p-1. The largest absolute Gasteiger partial charge is 0.222 e. The molecule has 170 valence electrons. The number of halogens is 1. The van der Waals surface area contributed by atoms with Crippen LogP contribution < -0.4 is 23.2 Å². The molecular formula is C28H22ClNO4. The van der Waals surface area contributed by atoms with E-state index in [0.717, 1.165) is 0 Å². The molecule has 0 radical (unpaired) electrons. The van der Waals surface area contributed by atoms with Crippen molar-refractivity contribution in [2.45, 2.75) is 0 Å². The van der Waals surface area contributed by atoms with Crippen LogP contribution in [0.3, 0.4) is 0 Å². The molecule has 2 aromatic carbocycles. The van der Waals surface area contributed by atoms with Crippen molar-refractivity contribution in [3.05, 3.63) is 115 Å². The zero-order chi connectivity index (χ0) is 24.1. The third-order valence-electron chi connectivity index (χ3n) is 5.55. The summed E-state index contributed by atoms with van der Waals surface area (Å²) in [6.45, 7) is 0. The number of pyridine rings is 1. The van der Waals surface area contributed by atoms with E-state index in [4.69, 9.17) is 18.6 Å². The summed E-state index contributed by atoms with van der Waals surface area (Å²) in [4.78, 5) is 0. The molecule has 1 aromatic heterocycles. The minimum Gasteiger partial charge on any atom is -0.222 e. The molecule has 0 spiro atoms. The maximum absolute atomic E-state index is 8.49. The molecule has 0 saturated carbocycles. The molecule has 0 N–H and O–H groups in total. The second-order valence-electron chi connectivity index (χ2n) is 7.71. The second-order valence-corrected chi connectivity index (χ2v) is 8.47. The van der Waals surface area contributed by atoms with Crippen LogP contribution in [0.1, 0.15) is 0 Å². The van der Waals surface area contributed by atoms with E-state index >= 15 is 0 Å². The van der Waals surface area contributed by atoms with Crippen molar-refractivity contribution in [1.82, 2.24) is 0 Å². The van der Waals surface area contributed by atoms with E-state index in [1.807, 2.05) is 0 Å². The molecule has 2 aliphatic rings.